The number of alkyl halides is 3. The van der Waals surface area contributed by atoms with Crippen molar-refractivity contribution in [2.45, 2.75) is 55.2 Å². The first-order valence-electron chi connectivity index (χ1n) is 12.1. The summed E-state index contributed by atoms with van der Waals surface area (Å²) in [4.78, 5) is 14.2. The molecule has 0 unspecified atom stereocenters. The minimum atomic E-state index is -4.40. The van der Waals surface area contributed by atoms with Crippen LogP contribution in [0.1, 0.15) is 49.7 Å². The Morgan fingerprint density at radius 1 is 0.857 bits per heavy atom. The lowest BCUT2D eigenvalue weighted by atomic mass is 9.91. The van der Waals surface area contributed by atoms with Gasteiger partial charge >= 0.3 is 12.1 Å². The van der Waals surface area contributed by atoms with Crippen molar-refractivity contribution in [1.29, 1.82) is 0 Å². The Morgan fingerprint density at radius 3 is 2.17 bits per heavy atom. The molecule has 0 spiro atoms. The Balaban J connectivity index is 1.31. The third-order valence-electron chi connectivity index (χ3n) is 6.99. The molecule has 0 N–H and O–H groups in total. The summed E-state index contributed by atoms with van der Waals surface area (Å²) in [6, 6.07) is 17.1. The van der Waals surface area contributed by atoms with E-state index in [0.717, 1.165) is 30.4 Å². The highest BCUT2D eigenvalue weighted by molar-refractivity contribution is 7.97. The monoisotopic (exact) mass is 501 g/mol. The number of fused-ring (bicyclic) bond motifs is 1. The van der Waals surface area contributed by atoms with Gasteiger partial charge in [0, 0.05) is 21.7 Å². The third kappa shape index (κ3) is 5.01. The van der Waals surface area contributed by atoms with Gasteiger partial charge in [0.1, 0.15) is 22.9 Å². The highest BCUT2D eigenvalue weighted by atomic mass is 32.2. The van der Waals surface area contributed by atoms with Crippen LogP contribution in [0, 0.1) is 0 Å². The number of esters is 1. The molecule has 0 amide bonds. The molecule has 3 aromatic rings. The van der Waals surface area contributed by atoms with Crippen molar-refractivity contribution in [2.75, 3.05) is 18.1 Å². The smallest absolute Gasteiger partial charge is 0.416 e. The van der Waals surface area contributed by atoms with Crippen molar-refractivity contribution in [1.82, 2.24) is 0 Å². The van der Waals surface area contributed by atoms with Crippen LogP contribution in [-0.2, 0) is 32.2 Å². The lowest BCUT2D eigenvalue weighted by Gasteiger charge is -2.30. The van der Waals surface area contributed by atoms with Crippen LogP contribution in [0.25, 0.3) is 10.8 Å². The van der Waals surface area contributed by atoms with Crippen LogP contribution in [0.15, 0.2) is 65.6 Å². The maximum Gasteiger partial charge on any atom is 0.416 e. The van der Waals surface area contributed by atoms with E-state index in [9.17, 15) is 18.0 Å². The molecule has 1 aliphatic carbocycles. The van der Waals surface area contributed by atoms with Crippen LogP contribution in [-0.4, -0.2) is 24.1 Å². The Bertz CT molecular complexity index is 1190. The maximum atomic E-state index is 13.0. The Morgan fingerprint density at radius 2 is 1.51 bits per heavy atom. The first-order chi connectivity index (χ1) is 16.9. The summed E-state index contributed by atoms with van der Waals surface area (Å²) in [6.45, 7) is -0.253. The summed E-state index contributed by atoms with van der Waals surface area (Å²) in [6.07, 6.45) is 1.01. The summed E-state index contributed by atoms with van der Waals surface area (Å²) in [5.41, 5.74) is -1.01. The maximum absolute atomic E-state index is 13.0. The van der Waals surface area contributed by atoms with Gasteiger partial charge in [-0.2, -0.15) is 13.2 Å². The second-order valence-electron chi connectivity index (χ2n) is 9.25. The largest absolute Gasteiger partial charge is 0.481 e. The molecule has 3 aromatic carbocycles. The van der Waals surface area contributed by atoms with Crippen LogP contribution >= 0.6 is 0 Å². The van der Waals surface area contributed by atoms with E-state index in [1.54, 1.807) is 0 Å². The van der Waals surface area contributed by atoms with Crippen LogP contribution in [0.3, 0.4) is 0 Å². The number of carbonyl (C=O) groups is 1. The predicted octanol–water partition coefficient (Wildman–Crippen LogP) is 7.02. The van der Waals surface area contributed by atoms with Gasteiger partial charge in [0.25, 0.3) is 0 Å². The van der Waals surface area contributed by atoms with E-state index >= 15 is 0 Å². The Hall–Kier alpha value is -2.67. The zero-order chi connectivity index (χ0) is 24.5. The molecule has 1 heterocycles. The van der Waals surface area contributed by atoms with Gasteiger partial charge in [-0.3, -0.25) is 0 Å². The molecule has 1 saturated heterocycles. The van der Waals surface area contributed by atoms with Crippen molar-refractivity contribution in [3.8, 4) is 5.75 Å². The molecular formula is C28H28F3O3S+. The van der Waals surface area contributed by atoms with Gasteiger partial charge in [-0.05, 0) is 74.4 Å². The number of halogens is 3. The van der Waals surface area contributed by atoms with E-state index in [2.05, 4.69) is 12.1 Å². The Kier molecular flexibility index (Phi) is 6.71. The van der Waals surface area contributed by atoms with Crippen molar-refractivity contribution in [3.05, 3.63) is 71.8 Å². The fourth-order valence-electron chi connectivity index (χ4n) is 5.24. The average Bonchev–Trinajstić information content (AvgIpc) is 3.55. The summed E-state index contributed by atoms with van der Waals surface area (Å²) in [5.74, 6) is 2.57. The average molecular weight is 502 g/mol. The van der Waals surface area contributed by atoms with E-state index < -0.39 is 23.3 Å². The molecule has 3 nitrogen and oxygen atoms in total. The van der Waals surface area contributed by atoms with E-state index in [0.29, 0.717) is 24.2 Å². The van der Waals surface area contributed by atoms with Gasteiger partial charge < -0.3 is 9.47 Å². The minimum absolute atomic E-state index is 0.253. The molecule has 7 heteroatoms. The molecule has 35 heavy (non-hydrogen) atoms. The summed E-state index contributed by atoms with van der Waals surface area (Å²) in [5, 5.41) is 2.15. The number of benzene rings is 3. The van der Waals surface area contributed by atoms with Crippen LogP contribution in [0.4, 0.5) is 13.2 Å². The van der Waals surface area contributed by atoms with Gasteiger partial charge in [0.2, 0.25) is 0 Å². The molecule has 1 aliphatic heterocycles. The highest BCUT2D eigenvalue weighted by Gasteiger charge is 2.40. The number of carbonyl (C=O) groups excluding carboxylic acids is 1. The van der Waals surface area contributed by atoms with E-state index in [1.807, 2.05) is 24.3 Å². The molecule has 5 rings (SSSR count). The number of rotatable bonds is 6. The second-order valence-corrected chi connectivity index (χ2v) is 11.5. The number of hydrogen-bond donors (Lipinski definition) is 0. The normalized spacial score (nSPS) is 18.1. The van der Waals surface area contributed by atoms with Gasteiger partial charge in [-0.1, -0.05) is 30.3 Å². The molecular weight excluding hydrogens is 473 g/mol. The molecule has 0 bridgehead atoms. The predicted molar refractivity (Wildman–Crippen MR) is 132 cm³/mol. The molecule has 1 saturated carbocycles. The first-order valence-corrected chi connectivity index (χ1v) is 13.6. The zero-order valence-corrected chi connectivity index (χ0v) is 20.2. The molecule has 0 radical (unpaired) electrons. The SMILES string of the molecule is O=C(COc1ccc([S+]2CCCC2)c2ccccc12)OC1(c2ccc(C(F)(F)F)cc2)CCCC1. The number of hydrogen-bond acceptors (Lipinski definition) is 3. The van der Waals surface area contributed by atoms with Crippen molar-refractivity contribution in [3.63, 3.8) is 0 Å². The van der Waals surface area contributed by atoms with Crippen molar-refractivity contribution in [2.24, 2.45) is 0 Å². The molecule has 184 valence electrons. The summed E-state index contributed by atoms with van der Waals surface area (Å²) >= 11 is 0. The quantitative estimate of drug-likeness (QED) is 0.269. The summed E-state index contributed by atoms with van der Waals surface area (Å²) < 4.78 is 50.8. The van der Waals surface area contributed by atoms with E-state index in [4.69, 9.17) is 9.47 Å². The summed E-state index contributed by atoms with van der Waals surface area (Å²) in [7, 11) is 0.259. The molecule has 0 atom stereocenters. The first kappa shape index (κ1) is 24.0. The lowest BCUT2D eigenvalue weighted by Crippen LogP contribution is -2.32. The molecule has 0 aromatic heterocycles. The van der Waals surface area contributed by atoms with Gasteiger partial charge in [0.05, 0.1) is 5.56 Å². The molecule has 2 aliphatic rings. The highest BCUT2D eigenvalue weighted by Crippen LogP contribution is 2.43. The second kappa shape index (κ2) is 9.76. The van der Waals surface area contributed by atoms with Gasteiger partial charge in [-0.25, -0.2) is 4.79 Å². The van der Waals surface area contributed by atoms with Gasteiger partial charge in [-0.15, -0.1) is 0 Å². The van der Waals surface area contributed by atoms with Crippen LogP contribution < -0.4 is 4.74 Å². The van der Waals surface area contributed by atoms with E-state index in [-0.39, 0.29) is 17.5 Å². The lowest BCUT2D eigenvalue weighted by molar-refractivity contribution is -0.163. The fourth-order valence-corrected chi connectivity index (χ4v) is 7.74. The van der Waals surface area contributed by atoms with Gasteiger partial charge in [0.15, 0.2) is 11.5 Å². The molecule has 2 fully saturated rings. The van der Waals surface area contributed by atoms with Crippen molar-refractivity contribution < 1.29 is 27.4 Å². The van der Waals surface area contributed by atoms with E-state index in [1.165, 1.54) is 46.8 Å². The minimum Gasteiger partial charge on any atom is -0.481 e. The third-order valence-corrected chi connectivity index (χ3v) is 9.53. The number of ether oxygens (including phenoxy) is 2. The van der Waals surface area contributed by atoms with Crippen LogP contribution in [0.5, 0.6) is 5.75 Å². The van der Waals surface area contributed by atoms with Crippen LogP contribution in [0.2, 0.25) is 0 Å². The standard InChI is InChI=1S/C28H28F3O3S/c29-28(30,31)21-11-9-20(10-12-21)27(15-3-4-16-27)34-26(32)19-33-24-13-14-25(35-17-5-6-18-35)23-8-2-1-7-22(23)24/h1-2,7-14H,3-6,15-19H2/q+1. The topological polar surface area (TPSA) is 35.5 Å². The van der Waals surface area contributed by atoms with Crippen molar-refractivity contribution >= 4 is 27.6 Å². The Labute approximate surface area is 206 Å². The zero-order valence-electron chi connectivity index (χ0n) is 19.4. The fraction of sp³-hybridized carbons (Fsp3) is 0.393.